The Morgan fingerprint density at radius 3 is 2.38 bits per heavy atom. The van der Waals surface area contributed by atoms with Crippen molar-refractivity contribution in [2.75, 3.05) is 26.2 Å². The molecule has 1 N–H and O–H groups in total. The molecular formula is C16H30N2O3. The number of nitrogens with zero attached hydrogens (tertiary/aromatic N) is 1. The summed E-state index contributed by atoms with van der Waals surface area (Å²) >= 11 is 0. The van der Waals surface area contributed by atoms with Crippen LogP contribution in [-0.2, 0) is 14.3 Å². The van der Waals surface area contributed by atoms with Gasteiger partial charge in [0.1, 0.15) is 5.60 Å². The van der Waals surface area contributed by atoms with Gasteiger partial charge < -0.3 is 14.8 Å². The van der Waals surface area contributed by atoms with Crippen LogP contribution in [0, 0.1) is 5.92 Å². The summed E-state index contributed by atoms with van der Waals surface area (Å²) in [5, 5.41) is 3.40. The third kappa shape index (κ3) is 4.94. The van der Waals surface area contributed by atoms with Crippen LogP contribution in [0.4, 0.5) is 0 Å². The molecule has 122 valence electrons. The lowest BCUT2D eigenvalue weighted by molar-refractivity contribution is -0.161. The Kier molecular flexibility index (Phi) is 5.28. The second kappa shape index (κ2) is 6.63. The van der Waals surface area contributed by atoms with Crippen molar-refractivity contribution in [1.29, 1.82) is 0 Å². The SMILES string of the molecule is C[C@@H]1CN(C2CNCC(C(=O)OC(C)(C)C)C2)C[C@H](C)O1. The van der Waals surface area contributed by atoms with Gasteiger partial charge in [0.05, 0.1) is 18.1 Å². The minimum atomic E-state index is -0.411. The molecule has 5 nitrogen and oxygen atoms in total. The third-order valence-electron chi connectivity index (χ3n) is 4.03. The van der Waals surface area contributed by atoms with Gasteiger partial charge in [0.25, 0.3) is 0 Å². The van der Waals surface area contributed by atoms with Crippen molar-refractivity contribution in [2.24, 2.45) is 5.92 Å². The molecule has 2 rings (SSSR count). The number of rotatable bonds is 2. The highest BCUT2D eigenvalue weighted by atomic mass is 16.6. The van der Waals surface area contributed by atoms with E-state index in [1.165, 1.54) is 0 Å². The largest absolute Gasteiger partial charge is 0.460 e. The van der Waals surface area contributed by atoms with Crippen LogP contribution in [-0.4, -0.2) is 60.9 Å². The van der Waals surface area contributed by atoms with E-state index < -0.39 is 5.60 Å². The van der Waals surface area contributed by atoms with Gasteiger partial charge in [-0.15, -0.1) is 0 Å². The van der Waals surface area contributed by atoms with Crippen molar-refractivity contribution in [1.82, 2.24) is 10.2 Å². The molecule has 0 aromatic carbocycles. The van der Waals surface area contributed by atoms with Crippen LogP contribution in [0.25, 0.3) is 0 Å². The molecule has 2 fully saturated rings. The molecule has 2 aliphatic heterocycles. The average Bonchev–Trinajstić information content (AvgIpc) is 2.36. The van der Waals surface area contributed by atoms with Crippen LogP contribution in [0.2, 0.25) is 0 Å². The molecule has 5 heteroatoms. The minimum absolute atomic E-state index is 0.0450. The average molecular weight is 298 g/mol. The standard InChI is InChI=1S/C16H30N2O3/c1-11-9-18(10-12(2)20-11)14-6-13(7-17-8-14)15(19)21-16(3,4)5/h11-14,17H,6-10H2,1-5H3/t11-,12+,13?,14?. The van der Waals surface area contributed by atoms with Crippen LogP contribution in [0.15, 0.2) is 0 Å². The zero-order chi connectivity index (χ0) is 15.6. The van der Waals surface area contributed by atoms with Crippen LogP contribution in [0.5, 0.6) is 0 Å². The predicted molar refractivity (Wildman–Crippen MR) is 82.2 cm³/mol. The van der Waals surface area contributed by atoms with E-state index in [1.54, 1.807) is 0 Å². The van der Waals surface area contributed by atoms with E-state index in [1.807, 2.05) is 20.8 Å². The number of carbonyl (C=O) groups excluding carboxylic acids is 1. The van der Waals surface area contributed by atoms with Crippen molar-refractivity contribution in [3.05, 3.63) is 0 Å². The number of ether oxygens (including phenoxy) is 2. The van der Waals surface area contributed by atoms with Gasteiger partial charge >= 0.3 is 5.97 Å². The molecule has 0 aromatic rings. The maximum atomic E-state index is 12.3. The van der Waals surface area contributed by atoms with Gasteiger partial charge in [-0.2, -0.15) is 0 Å². The minimum Gasteiger partial charge on any atom is -0.460 e. The molecule has 0 spiro atoms. The number of piperidine rings is 1. The second-order valence-electron chi connectivity index (χ2n) is 7.49. The van der Waals surface area contributed by atoms with Gasteiger partial charge in [-0.05, 0) is 41.0 Å². The topological polar surface area (TPSA) is 50.8 Å². The Labute approximate surface area is 128 Å². The molecule has 4 atom stereocenters. The number of nitrogens with one attached hydrogen (secondary N) is 1. The molecule has 21 heavy (non-hydrogen) atoms. The monoisotopic (exact) mass is 298 g/mol. The van der Waals surface area contributed by atoms with Crippen molar-refractivity contribution < 1.29 is 14.3 Å². The first-order chi connectivity index (χ1) is 9.74. The summed E-state index contributed by atoms with van der Waals surface area (Å²) in [6, 6.07) is 0.394. The molecule has 2 heterocycles. The van der Waals surface area contributed by atoms with Crippen molar-refractivity contribution in [3.8, 4) is 0 Å². The molecule has 0 bridgehead atoms. The molecule has 0 radical (unpaired) electrons. The Bertz CT molecular complexity index is 357. The summed E-state index contributed by atoms with van der Waals surface area (Å²) in [4.78, 5) is 14.7. The van der Waals surface area contributed by atoms with Crippen LogP contribution < -0.4 is 5.32 Å². The van der Waals surface area contributed by atoms with Gasteiger partial charge in [0.15, 0.2) is 0 Å². The lowest BCUT2D eigenvalue weighted by Crippen LogP contribution is -2.56. The smallest absolute Gasteiger partial charge is 0.310 e. The van der Waals surface area contributed by atoms with Crippen LogP contribution in [0.1, 0.15) is 41.0 Å². The van der Waals surface area contributed by atoms with Gasteiger partial charge in [0.2, 0.25) is 0 Å². The summed E-state index contributed by atoms with van der Waals surface area (Å²) in [5.41, 5.74) is -0.411. The summed E-state index contributed by atoms with van der Waals surface area (Å²) in [6.07, 6.45) is 1.40. The number of hydrogen-bond acceptors (Lipinski definition) is 5. The molecule has 2 aliphatic rings. The summed E-state index contributed by atoms with van der Waals surface area (Å²) in [7, 11) is 0. The molecule has 0 amide bonds. The van der Waals surface area contributed by atoms with E-state index >= 15 is 0 Å². The predicted octanol–water partition coefficient (Wildman–Crippen LogP) is 1.42. The Balaban J connectivity index is 1.92. The summed E-state index contributed by atoms with van der Waals surface area (Å²) < 4.78 is 11.3. The Hall–Kier alpha value is -0.650. The first kappa shape index (κ1) is 16.7. The van der Waals surface area contributed by atoms with E-state index in [9.17, 15) is 4.79 Å². The van der Waals surface area contributed by atoms with Gasteiger partial charge in [-0.25, -0.2) is 0 Å². The number of esters is 1. The quantitative estimate of drug-likeness (QED) is 0.781. The van der Waals surface area contributed by atoms with Crippen molar-refractivity contribution in [2.45, 2.75) is 64.9 Å². The highest BCUT2D eigenvalue weighted by Gasteiger charge is 2.35. The first-order valence-electron chi connectivity index (χ1n) is 8.07. The normalized spacial score (nSPS) is 35.5. The third-order valence-corrected chi connectivity index (χ3v) is 4.03. The molecule has 2 saturated heterocycles. The molecule has 0 saturated carbocycles. The summed E-state index contributed by atoms with van der Waals surface area (Å²) in [5.74, 6) is -0.120. The van der Waals surface area contributed by atoms with E-state index in [0.717, 1.165) is 32.6 Å². The lowest BCUT2D eigenvalue weighted by atomic mass is 9.93. The van der Waals surface area contributed by atoms with E-state index in [2.05, 4.69) is 24.1 Å². The maximum Gasteiger partial charge on any atom is 0.310 e. The zero-order valence-electron chi connectivity index (χ0n) is 14.0. The number of carbonyl (C=O) groups is 1. The zero-order valence-corrected chi connectivity index (χ0v) is 14.0. The molecule has 0 aliphatic carbocycles. The fourth-order valence-corrected chi connectivity index (χ4v) is 3.28. The highest BCUT2D eigenvalue weighted by molar-refractivity contribution is 5.73. The van der Waals surface area contributed by atoms with Crippen LogP contribution >= 0.6 is 0 Å². The second-order valence-corrected chi connectivity index (χ2v) is 7.49. The fraction of sp³-hybridized carbons (Fsp3) is 0.938. The molecular weight excluding hydrogens is 268 g/mol. The Morgan fingerprint density at radius 2 is 1.81 bits per heavy atom. The van der Waals surface area contributed by atoms with Gasteiger partial charge in [0, 0.05) is 32.2 Å². The molecule has 0 aromatic heterocycles. The number of hydrogen-bond donors (Lipinski definition) is 1. The van der Waals surface area contributed by atoms with Crippen molar-refractivity contribution >= 4 is 5.97 Å². The fourth-order valence-electron chi connectivity index (χ4n) is 3.28. The van der Waals surface area contributed by atoms with E-state index in [-0.39, 0.29) is 24.1 Å². The first-order valence-corrected chi connectivity index (χ1v) is 8.07. The highest BCUT2D eigenvalue weighted by Crippen LogP contribution is 2.23. The van der Waals surface area contributed by atoms with Crippen LogP contribution in [0.3, 0.4) is 0 Å². The number of morpholine rings is 1. The summed E-state index contributed by atoms with van der Waals surface area (Å²) in [6.45, 7) is 13.5. The van der Waals surface area contributed by atoms with Gasteiger partial charge in [-0.1, -0.05) is 0 Å². The lowest BCUT2D eigenvalue weighted by Gasteiger charge is -2.43. The van der Waals surface area contributed by atoms with Gasteiger partial charge in [-0.3, -0.25) is 9.69 Å². The van der Waals surface area contributed by atoms with E-state index in [4.69, 9.17) is 9.47 Å². The Morgan fingerprint density at radius 1 is 1.19 bits per heavy atom. The molecule has 2 unspecified atom stereocenters. The van der Waals surface area contributed by atoms with E-state index in [0.29, 0.717) is 6.04 Å². The maximum absolute atomic E-state index is 12.3. The van der Waals surface area contributed by atoms with Crippen molar-refractivity contribution in [3.63, 3.8) is 0 Å².